The van der Waals surface area contributed by atoms with Crippen LogP contribution in [0.5, 0.6) is 5.75 Å². The van der Waals surface area contributed by atoms with E-state index in [2.05, 4.69) is 5.32 Å². The minimum Gasteiger partial charge on any atom is -0.491 e. The van der Waals surface area contributed by atoms with Gasteiger partial charge in [0.15, 0.2) is 0 Å². The number of benzene rings is 2. The molecule has 0 saturated heterocycles. The summed E-state index contributed by atoms with van der Waals surface area (Å²) in [7, 11) is 0. The van der Waals surface area contributed by atoms with E-state index in [0.717, 1.165) is 16.5 Å². The van der Waals surface area contributed by atoms with Crippen LogP contribution < -0.4 is 15.8 Å². The van der Waals surface area contributed by atoms with E-state index in [1.807, 2.05) is 42.5 Å². The first-order valence-corrected chi connectivity index (χ1v) is 6.80. The van der Waals surface area contributed by atoms with Gasteiger partial charge in [0, 0.05) is 17.8 Å². The summed E-state index contributed by atoms with van der Waals surface area (Å²) in [6, 6.07) is 14.0. The van der Waals surface area contributed by atoms with Gasteiger partial charge in [0.2, 0.25) is 5.91 Å². The van der Waals surface area contributed by atoms with Gasteiger partial charge in [-0.25, -0.2) is 0 Å². The summed E-state index contributed by atoms with van der Waals surface area (Å²) in [6.45, 7) is 3.08. The Labute approximate surface area is 131 Å². The Balaban J connectivity index is 0.00000220. The zero-order valence-corrected chi connectivity index (χ0v) is 12.9. The number of nitrogens with one attached hydrogen (secondary N) is 1. The lowest BCUT2D eigenvalue weighted by atomic mass is 10.1. The molecule has 1 unspecified atom stereocenters. The Kier molecular flexibility index (Phi) is 6.99. The van der Waals surface area contributed by atoms with E-state index in [0.29, 0.717) is 19.7 Å². The quantitative estimate of drug-likeness (QED) is 0.805. The van der Waals surface area contributed by atoms with Gasteiger partial charge in [0.05, 0.1) is 6.54 Å². The van der Waals surface area contributed by atoms with Crippen molar-refractivity contribution in [3.05, 3.63) is 42.5 Å². The maximum absolute atomic E-state index is 11.6. The maximum atomic E-state index is 11.6. The smallest absolute Gasteiger partial charge is 0.224 e. The van der Waals surface area contributed by atoms with Gasteiger partial charge in [0.1, 0.15) is 12.4 Å². The summed E-state index contributed by atoms with van der Waals surface area (Å²) < 4.78 is 5.74. The zero-order chi connectivity index (χ0) is 14.4. The number of nitrogens with two attached hydrogens (primary N) is 1. The molecule has 0 heterocycles. The van der Waals surface area contributed by atoms with Crippen LogP contribution in [0.3, 0.4) is 0 Å². The summed E-state index contributed by atoms with van der Waals surface area (Å²) in [5.74, 6) is 0.644. The van der Waals surface area contributed by atoms with Gasteiger partial charge in [-0.3, -0.25) is 4.79 Å². The fourth-order valence-corrected chi connectivity index (χ4v) is 1.94. The Morgan fingerprint density at radius 3 is 2.71 bits per heavy atom. The molecule has 0 aromatic heterocycles. The van der Waals surface area contributed by atoms with E-state index in [-0.39, 0.29) is 24.2 Å². The predicted octanol–water partition coefficient (Wildman–Crippen LogP) is 2.35. The molecule has 4 nitrogen and oxygen atoms in total. The molecule has 0 aliphatic heterocycles. The molecule has 0 fully saturated rings. The number of hydrogen-bond acceptors (Lipinski definition) is 3. The molecule has 0 spiro atoms. The molecule has 2 aromatic carbocycles. The average molecular weight is 309 g/mol. The van der Waals surface area contributed by atoms with Gasteiger partial charge in [-0.15, -0.1) is 12.4 Å². The third-order valence-corrected chi connectivity index (χ3v) is 3.21. The Morgan fingerprint density at radius 1 is 1.24 bits per heavy atom. The lowest BCUT2D eigenvalue weighted by Gasteiger charge is -2.12. The number of carbonyl (C=O) groups excluding carboxylic acids is 1. The van der Waals surface area contributed by atoms with E-state index in [4.69, 9.17) is 10.5 Å². The highest BCUT2D eigenvalue weighted by Crippen LogP contribution is 2.24. The van der Waals surface area contributed by atoms with Crippen LogP contribution in [0.25, 0.3) is 10.8 Å². The topological polar surface area (TPSA) is 64.4 Å². The third kappa shape index (κ3) is 4.62. The van der Waals surface area contributed by atoms with Gasteiger partial charge < -0.3 is 15.8 Å². The molecule has 0 aliphatic carbocycles. The fraction of sp³-hybridized carbons (Fsp3) is 0.312. The largest absolute Gasteiger partial charge is 0.491 e. The maximum Gasteiger partial charge on any atom is 0.224 e. The van der Waals surface area contributed by atoms with Crippen molar-refractivity contribution in [2.45, 2.75) is 6.92 Å². The van der Waals surface area contributed by atoms with E-state index >= 15 is 0 Å². The summed E-state index contributed by atoms with van der Waals surface area (Å²) in [6.07, 6.45) is 0. The molecule has 2 rings (SSSR count). The summed E-state index contributed by atoms with van der Waals surface area (Å²) in [5, 5.41) is 5.03. The molecular formula is C16H21ClN2O2. The predicted molar refractivity (Wildman–Crippen MR) is 87.9 cm³/mol. The van der Waals surface area contributed by atoms with Crippen LogP contribution in [0, 0.1) is 5.92 Å². The van der Waals surface area contributed by atoms with Gasteiger partial charge in [-0.2, -0.15) is 0 Å². The van der Waals surface area contributed by atoms with Crippen LogP contribution >= 0.6 is 12.4 Å². The Hall–Kier alpha value is -1.78. The lowest BCUT2D eigenvalue weighted by Crippen LogP contribution is -2.35. The van der Waals surface area contributed by atoms with Crippen LogP contribution in [-0.2, 0) is 4.79 Å². The molecule has 5 heteroatoms. The fourth-order valence-electron chi connectivity index (χ4n) is 1.94. The number of hydrogen-bond donors (Lipinski definition) is 2. The number of halogens is 1. The molecule has 0 bridgehead atoms. The molecule has 0 aliphatic rings. The third-order valence-electron chi connectivity index (χ3n) is 3.21. The van der Waals surface area contributed by atoms with Crippen molar-refractivity contribution >= 4 is 29.1 Å². The molecule has 3 N–H and O–H groups in total. The standard InChI is InChI=1S/C16H20N2O2.ClH/c1-12(11-17)16(19)18-9-10-20-15-8-4-6-13-5-2-3-7-14(13)15;/h2-8,12H,9-11,17H2,1H3,(H,18,19);1H. The monoisotopic (exact) mass is 308 g/mol. The first-order valence-electron chi connectivity index (χ1n) is 6.80. The molecule has 0 saturated carbocycles. The summed E-state index contributed by atoms with van der Waals surface area (Å²) in [5.41, 5.74) is 5.44. The zero-order valence-electron chi connectivity index (χ0n) is 12.0. The van der Waals surface area contributed by atoms with E-state index in [9.17, 15) is 4.79 Å². The first kappa shape index (κ1) is 17.3. The van der Waals surface area contributed by atoms with Crippen LogP contribution in [0.2, 0.25) is 0 Å². The number of amides is 1. The van der Waals surface area contributed by atoms with E-state index < -0.39 is 0 Å². The van der Waals surface area contributed by atoms with Crippen LogP contribution in [0.4, 0.5) is 0 Å². The van der Waals surface area contributed by atoms with E-state index in [1.165, 1.54) is 0 Å². The van der Waals surface area contributed by atoms with Crippen molar-refractivity contribution in [2.24, 2.45) is 11.7 Å². The highest BCUT2D eigenvalue weighted by molar-refractivity contribution is 5.88. The molecular weight excluding hydrogens is 288 g/mol. The average Bonchev–Trinajstić information content (AvgIpc) is 2.50. The number of carbonyl (C=O) groups is 1. The summed E-state index contributed by atoms with van der Waals surface area (Å²) in [4.78, 5) is 11.6. The summed E-state index contributed by atoms with van der Waals surface area (Å²) >= 11 is 0. The van der Waals surface area contributed by atoms with Gasteiger partial charge >= 0.3 is 0 Å². The minimum absolute atomic E-state index is 0. The normalized spacial score (nSPS) is 11.5. The molecule has 1 amide bonds. The van der Waals surface area contributed by atoms with Crippen LogP contribution in [0.1, 0.15) is 6.92 Å². The van der Waals surface area contributed by atoms with Gasteiger partial charge in [-0.1, -0.05) is 43.3 Å². The molecule has 1 atom stereocenters. The second-order valence-corrected chi connectivity index (χ2v) is 4.75. The minimum atomic E-state index is -0.160. The highest BCUT2D eigenvalue weighted by atomic mass is 35.5. The van der Waals surface area contributed by atoms with Crippen molar-refractivity contribution in [3.8, 4) is 5.75 Å². The molecule has 21 heavy (non-hydrogen) atoms. The van der Waals surface area contributed by atoms with Crippen molar-refractivity contribution in [3.63, 3.8) is 0 Å². The van der Waals surface area contributed by atoms with Crippen molar-refractivity contribution < 1.29 is 9.53 Å². The number of rotatable bonds is 6. The number of ether oxygens (including phenoxy) is 1. The molecule has 114 valence electrons. The highest BCUT2D eigenvalue weighted by Gasteiger charge is 2.09. The van der Waals surface area contributed by atoms with Crippen molar-refractivity contribution in [1.82, 2.24) is 5.32 Å². The van der Waals surface area contributed by atoms with Crippen molar-refractivity contribution in [2.75, 3.05) is 19.7 Å². The van der Waals surface area contributed by atoms with Gasteiger partial charge in [-0.05, 0) is 11.5 Å². The second kappa shape index (κ2) is 8.49. The number of fused-ring (bicyclic) bond motifs is 1. The second-order valence-electron chi connectivity index (χ2n) is 4.75. The Morgan fingerprint density at radius 2 is 1.95 bits per heavy atom. The lowest BCUT2D eigenvalue weighted by molar-refractivity contribution is -0.124. The van der Waals surface area contributed by atoms with Gasteiger partial charge in [0.25, 0.3) is 0 Å². The molecule has 0 radical (unpaired) electrons. The Bertz CT molecular complexity index is 584. The van der Waals surface area contributed by atoms with Crippen LogP contribution in [-0.4, -0.2) is 25.6 Å². The SMILES string of the molecule is CC(CN)C(=O)NCCOc1cccc2ccccc12.Cl. The van der Waals surface area contributed by atoms with E-state index in [1.54, 1.807) is 6.92 Å². The molecule has 2 aromatic rings. The van der Waals surface area contributed by atoms with Crippen LogP contribution in [0.15, 0.2) is 42.5 Å². The van der Waals surface area contributed by atoms with Crippen molar-refractivity contribution in [1.29, 1.82) is 0 Å². The first-order chi connectivity index (χ1) is 9.72.